The Labute approximate surface area is 278 Å². The molecule has 1 saturated heterocycles. The van der Waals surface area contributed by atoms with E-state index in [4.69, 9.17) is 25.6 Å². The molecule has 0 aliphatic carbocycles. The zero-order valence-corrected chi connectivity index (χ0v) is 29.0. The van der Waals surface area contributed by atoms with Crippen LogP contribution in [0, 0.1) is 30.1 Å². The Bertz CT molecular complexity index is 1650. The summed E-state index contributed by atoms with van der Waals surface area (Å²) in [6, 6.07) is 8.25. The highest BCUT2D eigenvalue weighted by Crippen LogP contribution is 2.42. The number of aromatic nitrogens is 3. The topological polar surface area (TPSA) is 160 Å². The van der Waals surface area contributed by atoms with E-state index in [0.29, 0.717) is 18.1 Å². The van der Waals surface area contributed by atoms with Gasteiger partial charge in [0.05, 0.1) is 17.7 Å². The number of carbonyl (C=O) groups is 1. The second-order valence-corrected chi connectivity index (χ2v) is 14.3. The standard InChI is InChI=1S/C32H39N7O3.C4H10O/c1-19-25(15-28(40)41)30(38-12-9-32(4,5)10-13-38)29(20(2)37-19)23-6-7-24-17-39(11-8-22(24)14-23)27-16-26(35-18-36-27)31(34)42-21(3)33;1-4(2,3)5/h6-7,14,16,18,33-34H,8-13,15,17H2,1-5H3,(H,40,41);5H,1-3H3. The molecular weight excluding hydrogens is 594 g/mol. The highest BCUT2D eigenvalue weighted by Gasteiger charge is 2.30. The number of aryl methyl sites for hydroxylation is 2. The molecule has 47 heavy (non-hydrogen) atoms. The van der Waals surface area contributed by atoms with Crippen molar-refractivity contribution in [2.45, 2.75) is 93.2 Å². The molecule has 3 aromatic rings. The Morgan fingerprint density at radius 2 is 1.66 bits per heavy atom. The van der Waals surface area contributed by atoms with Crippen molar-refractivity contribution in [2.75, 3.05) is 29.4 Å². The Hall–Kier alpha value is -4.38. The molecule has 5 rings (SSSR count). The van der Waals surface area contributed by atoms with Gasteiger partial charge in [0.15, 0.2) is 5.90 Å². The first-order valence-electron chi connectivity index (χ1n) is 16.1. The summed E-state index contributed by atoms with van der Waals surface area (Å²) in [6.07, 6.45) is 4.28. The number of carboxylic acids is 1. The van der Waals surface area contributed by atoms with E-state index in [-0.39, 0.29) is 23.6 Å². The summed E-state index contributed by atoms with van der Waals surface area (Å²) in [6.45, 7) is 18.4. The molecule has 0 atom stereocenters. The van der Waals surface area contributed by atoms with Crippen LogP contribution in [0.1, 0.15) is 88.2 Å². The fourth-order valence-electron chi connectivity index (χ4n) is 6.02. The third kappa shape index (κ3) is 9.34. The number of rotatable bonds is 6. The third-order valence-electron chi connectivity index (χ3n) is 8.39. The number of benzene rings is 1. The van der Waals surface area contributed by atoms with Crippen molar-refractivity contribution in [1.82, 2.24) is 15.0 Å². The first kappa shape index (κ1) is 35.5. The van der Waals surface area contributed by atoms with E-state index in [1.165, 1.54) is 24.4 Å². The lowest BCUT2D eigenvalue weighted by molar-refractivity contribution is -0.136. The number of fused-ring (bicyclic) bond motifs is 1. The van der Waals surface area contributed by atoms with Gasteiger partial charge < -0.3 is 24.7 Å². The van der Waals surface area contributed by atoms with Crippen LogP contribution in [-0.2, 0) is 28.9 Å². The molecule has 2 aliphatic heterocycles. The number of nitrogens with zero attached hydrogens (tertiary/aromatic N) is 5. The average Bonchev–Trinajstić information content (AvgIpc) is 2.97. The second kappa shape index (κ2) is 14.2. The van der Waals surface area contributed by atoms with Crippen LogP contribution in [0.15, 0.2) is 30.6 Å². The Morgan fingerprint density at radius 3 is 2.28 bits per heavy atom. The lowest BCUT2D eigenvalue weighted by atomic mass is 9.82. The number of pyridine rings is 1. The maximum absolute atomic E-state index is 11.9. The highest BCUT2D eigenvalue weighted by atomic mass is 16.5. The number of ether oxygens (including phenoxy) is 1. The molecule has 11 nitrogen and oxygen atoms in total. The fourth-order valence-corrected chi connectivity index (χ4v) is 6.02. The molecule has 0 amide bonds. The molecule has 1 fully saturated rings. The van der Waals surface area contributed by atoms with Crippen LogP contribution in [-0.4, -0.2) is 68.2 Å². The number of hydrogen-bond donors (Lipinski definition) is 4. The van der Waals surface area contributed by atoms with Gasteiger partial charge in [-0.1, -0.05) is 32.0 Å². The van der Waals surface area contributed by atoms with E-state index in [2.05, 4.69) is 51.8 Å². The number of anilines is 2. The molecule has 0 saturated carbocycles. The number of piperidine rings is 1. The molecule has 0 unspecified atom stereocenters. The smallest absolute Gasteiger partial charge is 0.307 e. The van der Waals surface area contributed by atoms with Gasteiger partial charge in [-0.3, -0.25) is 20.6 Å². The number of carboxylic acid groups (broad SMARTS) is 1. The predicted molar refractivity (Wildman–Crippen MR) is 186 cm³/mol. The summed E-state index contributed by atoms with van der Waals surface area (Å²) < 4.78 is 5.12. The largest absolute Gasteiger partial charge is 0.481 e. The van der Waals surface area contributed by atoms with E-state index >= 15 is 0 Å². The summed E-state index contributed by atoms with van der Waals surface area (Å²) in [5.41, 5.74) is 8.17. The molecule has 252 valence electrons. The summed E-state index contributed by atoms with van der Waals surface area (Å²) >= 11 is 0. The van der Waals surface area contributed by atoms with Crippen molar-refractivity contribution in [1.29, 1.82) is 10.8 Å². The SMILES string of the molecule is CC(=N)OC(=N)c1cc(N2CCc3cc(-c4c(C)nc(C)c(CC(=O)O)c4N4CCC(C)(C)CC4)ccc3C2)ncn1.CC(C)(C)O. The van der Waals surface area contributed by atoms with E-state index in [1.54, 1.807) is 26.8 Å². The minimum Gasteiger partial charge on any atom is -0.481 e. The first-order chi connectivity index (χ1) is 21.9. The molecule has 1 aromatic carbocycles. The van der Waals surface area contributed by atoms with Gasteiger partial charge in [0, 0.05) is 61.7 Å². The Balaban J connectivity index is 0.000000930. The predicted octanol–water partition coefficient (Wildman–Crippen LogP) is 6.09. The molecule has 4 N–H and O–H groups in total. The van der Waals surface area contributed by atoms with Crippen LogP contribution in [0.5, 0.6) is 0 Å². The Kier molecular flexibility index (Phi) is 10.7. The molecule has 4 heterocycles. The van der Waals surface area contributed by atoms with Crippen LogP contribution in [0.2, 0.25) is 0 Å². The minimum atomic E-state index is -0.846. The molecule has 11 heteroatoms. The molecule has 2 aliphatic rings. The van der Waals surface area contributed by atoms with Crippen LogP contribution < -0.4 is 9.80 Å². The van der Waals surface area contributed by atoms with Crippen molar-refractivity contribution in [3.05, 3.63) is 64.4 Å². The van der Waals surface area contributed by atoms with Gasteiger partial charge in [0.2, 0.25) is 5.90 Å². The first-order valence-corrected chi connectivity index (χ1v) is 16.1. The lowest BCUT2D eigenvalue weighted by Gasteiger charge is -2.40. The van der Waals surface area contributed by atoms with Gasteiger partial charge in [-0.05, 0) is 76.0 Å². The molecule has 2 aromatic heterocycles. The maximum atomic E-state index is 11.9. The van der Waals surface area contributed by atoms with E-state index in [1.807, 2.05) is 13.8 Å². The van der Waals surface area contributed by atoms with Crippen molar-refractivity contribution in [3.8, 4) is 11.1 Å². The van der Waals surface area contributed by atoms with Crippen LogP contribution in [0.25, 0.3) is 11.1 Å². The van der Waals surface area contributed by atoms with Gasteiger partial charge >= 0.3 is 5.97 Å². The number of aliphatic carboxylic acids is 1. The average molecular weight is 644 g/mol. The summed E-state index contributed by atoms with van der Waals surface area (Å²) in [4.78, 5) is 29.9. The minimum absolute atomic E-state index is 0.0515. The van der Waals surface area contributed by atoms with Crippen molar-refractivity contribution < 1.29 is 19.7 Å². The van der Waals surface area contributed by atoms with Crippen LogP contribution in [0.4, 0.5) is 11.5 Å². The van der Waals surface area contributed by atoms with Gasteiger partial charge in [0.1, 0.15) is 17.8 Å². The lowest BCUT2D eigenvalue weighted by Crippen LogP contribution is -2.38. The zero-order chi connectivity index (χ0) is 34.7. The third-order valence-corrected chi connectivity index (χ3v) is 8.39. The maximum Gasteiger partial charge on any atom is 0.307 e. The number of nitrogens with one attached hydrogen (secondary N) is 2. The van der Waals surface area contributed by atoms with Crippen molar-refractivity contribution in [2.24, 2.45) is 5.41 Å². The number of aliphatic hydroxyl groups is 1. The van der Waals surface area contributed by atoms with E-state index < -0.39 is 11.6 Å². The van der Waals surface area contributed by atoms with Crippen molar-refractivity contribution >= 4 is 29.3 Å². The van der Waals surface area contributed by atoms with Crippen LogP contribution in [0.3, 0.4) is 0 Å². The van der Waals surface area contributed by atoms with Gasteiger partial charge in [-0.15, -0.1) is 0 Å². The molecule has 0 bridgehead atoms. The van der Waals surface area contributed by atoms with E-state index in [0.717, 1.165) is 72.7 Å². The van der Waals surface area contributed by atoms with Crippen LogP contribution >= 0.6 is 0 Å². The van der Waals surface area contributed by atoms with E-state index in [9.17, 15) is 9.90 Å². The normalized spacial score (nSPS) is 15.7. The zero-order valence-electron chi connectivity index (χ0n) is 29.0. The van der Waals surface area contributed by atoms with Gasteiger partial charge in [-0.25, -0.2) is 9.97 Å². The summed E-state index contributed by atoms with van der Waals surface area (Å²) in [5.74, 6) is -0.380. The molecule has 0 spiro atoms. The molecular formula is C36H49N7O4. The van der Waals surface area contributed by atoms with Gasteiger partial charge in [0.25, 0.3) is 0 Å². The number of hydrogen-bond acceptors (Lipinski definition) is 10. The molecule has 0 radical (unpaired) electrons. The summed E-state index contributed by atoms with van der Waals surface area (Å²) in [5, 5.41) is 33.9. The summed E-state index contributed by atoms with van der Waals surface area (Å²) in [7, 11) is 0. The monoisotopic (exact) mass is 643 g/mol. The van der Waals surface area contributed by atoms with Crippen molar-refractivity contribution in [3.63, 3.8) is 0 Å². The fraction of sp³-hybridized carbons (Fsp3) is 0.500. The van der Waals surface area contributed by atoms with Gasteiger partial charge in [-0.2, -0.15) is 0 Å². The second-order valence-electron chi connectivity index (χ2n) is 14.3. The highest BCUT2D eigenvalue weighted by molar-refractivity contribution is 5.97. The quantitative estimate of drug-likeness (QED) is 0.184. The Morgan fingerprint density at radius 1 is 1.00 bits per heavy atom.